The summed E-state index contributed by atoms with van der Waals surface area (Å²) in [6.07, 6.45) is 0.922. The van der Waals surface area contributed by atoms with E-state index in [4.69, 9.17) is 4.98 Å². The first-order valence-corrected chi connectivity index (χ1v) is 7.81. The predicted molar refractivity (Wildman–Crippen MR) is 83.6 cm³/mol. The number of aromatic nitrogens is 1. The molecule has 20 heavy (non-hydrogen) atoms. The zero-order valence-corrected chi connectivity index (χ0v) is 13.3. The fourth-order valence-electron chi connectivity index (χ4n) is 2.00. The van der Waals surface area contributed by atoms with Crippen molar-refractivity contribution in [3.63, 3.8) is 0 Å². The Hall–Kier alpha value is -1.26. The molecule has 1 N–H and O–H groups in total. The van der Waals surface area contributed by atoms with E-state index in [1.165, 1.54) is 10.9 Å². The van der Waals surface area contributed by atoms with Crippen LogP contribution in [0.4, 0.5) is 4.39 Å². The minimum atomic E-state index is -0.164. The molecule has 0 bridgehead atoms. The summed E-state index contributed by atoms with van der Waals surface area (Å²) in [5.74, 6) is -0.164. The van der Waals surface area contributed by atoms with Gasteiger partial charge in [-0.3, -0.25) is 0 Å². The highest BCUT2D eigenvalue weighted by Gasteiger charge is 2.12. The molecule has 108 valence electrons. The second kappa shape index (κ2) is 6.46. The van der Waals surface area contributed by atoms with Crippen LogP contribution in [0, 0.1) is 12.7 Å². The molecule has 0 radical (unpaired) electrons. The van der Waals surface area contributed by atoms with Crippen LogP contribution in [0.3, 0.4) is 0 Å². The molecule has 0 unspecified atom stereocenters. The minimum absolute atomic E-state index is 0.164. The number of halogens is 1. The van der Waals surface area contributed by atoms with Gasteiger partial charge in [0.05, 0.1) is 5.69 Å². The zero-order chi connectivity index (χ0) is 14.7. The Balaban J connectivity index is 2.30. The number of nitrogens with zero attached hydrogens (tertiary/aromatic N) is 1. The Morgan fingerprint density at radius 3 is 2.70 bits per heavy atom. The van der Waals surface area contributed by atoms with Crippen molar-refractivity contribution < 1.29 is 4.39 Å². The van der Waals surface area contributed by atoms with Gasteiger partial charge in [0.25, 0.3) is 0 Å². The lowest BCUT2D eigenvalue weighted by atomic mass is 10.1. The quantitative estimate of drug-likeness (QED) is 0.888. The van der Waals surface area contributed by atoms with E-state index in [0.29, 0.717) is 11.6 Å². The van der Waals surface area contributed by atoms with E-state index in [1.807, 2.05) is 6.07 Å². The van der Waals surface area contributed by atoms with Gasteiger partial charge < -0.3 is 5.32 Å². The molecule has 1 aromatic heterocycles. The molecule has 0 saturated carbocycles. The first kappa shape index (κ1) is 15.1. The lowest BCUT2D eigenvalue weighted by Crippen LogP contribution is -2.21. The van der Waals surface area contributed by atoms with Crippen molar-refractivity contribution in [1.29, 1.82) is 0 Å². The van der Waals surface area contributed by atoms with Crippen molar-refractivity contribution >= 4 is 11.3 Å². The molecule has 4 heteroatoms. The largest absolute Gasteiger partial charge is 0.310 e. The van der Waals surface area contributed by atoms with Crippen molar-refractivity contribution in [3.05, 3.63) is 40.2 Å². The van der Waals surface area contributed by atoms with Crippen LogP contribution in [0.15, 0.2) is 18.2 Å². The maximum atomic E-state index is 13.3. The fraction of sp³-hybridized carbons (Fsp3) is 0.438. The highest BCUT2D eigenvalue weighted by molar-refractivity contribution is 7.15. The molecule has 2 rings (SSSR count). The fourth-order valence-corrected chi connectivity index (χ4v) is 3.09. The van der Waals surface area contributed by atoms with Crippen LogP contribution in [-0.4, -0.2) is 11.0 Å². The minimum Gasteiger partial charge on any atom is -0.310 e. The van der Waals surface area contributed by atoms with Gasteiger partial charge in [-0.1, -0.05) is 20.8 Å². The second-order valence-corrected chi connectivity index (χ2v) is 6.33. The van der Waals surface area contributed by atoms with Gasteiger partial charge in [-0.05, 0) is 37.1 Å². The molecular weight excluding hydrogens is 271 g/mol. The predicted octanol–water partition coefficient (Wildman–Crippen LogP) is 4.32. The average Bonchev–Trinajstić information content (AvgIpc) is 2.82. The standard InChI is InChI=1S/C16H21FN2S/c1-5-14-15(9-18-10(2)3)20-16(19-14)12-6-7-13(17)11(4)8-12/h6-8,10,18H,5,9H2,1-4H3. The van der Waals surface area contributed by atoms with Gasteiger partial charge in [0.1, 0.15) is 10.8 Å². The summed E-state index contributed by atoms with van der Waals surface area (Å²) < 4.78 is 13.3. The van der Waals surface area contributed by atoms with Crippen LogP contribution < -0.4 is 5.32 Å². The van der Waals surface area contributed by atoms with Gasteiger partial charge in [0.2, 0.25) is 0 Å². The molecule has 0 saturated heterocycles. The van der Waals surface area contributed by atoms with E-state index in [-0.39, 0.29) is 5.82 Å². The molecule has 0 spiro atoms. The molecule has 1 heterocycles. The highest BCUT2D eigenvalue weighted by Crippen LogP contribution is 2.29. The number of hydrogen-bond donors (Lipinski definition) is 1. The molecule has 0 aliphatic carbocycles. The SMILES string of the molecule is CCc1nc(-c2ccc(F)c(C)c2)sc1CNC(C)C. The molecule has 0 amide bonds. The molecule has 0 aliphatic heterocycles. The summed E-state index contributed by atoms with van der Waals surface area (Å²) in [5.41, 5.74) is 2.80. The molecule has 0 atom stereocenters. The van der Waals surface area contributed by atoms with E-state index in [2.05, 4.69) is 26.1 Å². The normalized spacial score (nSPS) is 11.3. The van der Waals surface area contributed by atoms with Crippen LogP contribution in [0.2, 0.25) is 0 Å². The highest BCUT2D eigenvalue weighted by atomic mass is 32.1. The maximum absolute atomic E-state index is 13.3. The summed E-state index contributed by atoms with van der Waals surface area (Å²) in [6, 6.07) is 5.65. The molecule has 2 nitrogen and oxygen atoms in total. The topological polar surface area (TPSA) is 24.9 Å². The van der Waals surface area contributed by atoms with E-state index in [9.17, 15) is 4.39 Å². The molecule has 0 fully saturated rings. The summed E-state index contributed by atoms with van der Waals surface area (Å²) in [5, 5.41) is 4.41. The van der Waals surface area contributed by atoms with Crippen LogP contribution in [0.1, 0.15) is 36.9 Å². The van der Waals surface area contributed by atoms with Crippen molar-refractivity contribution in [2.24, 2.45) is 0 Å². The molecule has 0 aliphatic rings. The summed E-state index contributed by atoms with van der Waals surface area (Å²) in [7, 11) is 0. The van der Waals surface area contributed by atoms with Crippen LogP contribution >= 0.6 is 11.3 Å². The number of hydrogen-bond acceptors (Lipinski definition) is 3. The number of thiazole rings is 1. The Bertz CT molecular complexity index is 590. The molecule has 1 aromatic carbocycles. The van der Waals surface area contributed by atoms with Crippen LogP contribution in [0.5, 0.6) is 0 Å². The first-order chi connectivity index (χ1) is 9.51. The van der Waals surface area contributed by atoms with Crippen LogP contribution in [-0.2, 0) is 13.0 Å². The Labute approximate surface area is 124 Å². The van der Waals surface area contributed by atoms with Crippen molar-refractivity contribution in [2.45, 2.75) is 46.7 Å². The van der Waals surface area contributed by atoms with Gasteiger partial charge >= 0.3 is 0 Å². The summed E-state index contributed by atoms with van der Waals surface area (Å²) in [6.45, 7) is 9.02. The maximum Gasteiger partial charge on any atom is 0.126 e. The van der Waals surface area contributed by atoms with E-state index in [1.54, 1.807) is 24.3 Å². The second-order valence-electron chi connectivity index (χ2n) is 5.24. The van der Waals surface area contributed by atoms with Crippen molar-refractivity contribution in [1.82, 2.24) is 10.3 Å². The average molecular weight is 292 g/mol. The van der Waals surface area contributed by atoms with Gasteiger partial charge in [0.15, 0.2) is 0 Å². The number of rotatable bonds is 5. The zero-order valence-electron chi connectivity index (χ0n) is 12.5. The van der Waals surface area contributed by atoms with Gasteiger partial charge in [-0.25, -0.2) is 9.37 Å². The van der Waals surface area contributed by atoms with Gasteiger partial charge in [-0.15, -0.1) is 11.3 Å². The lowest BCUT2D eigenvalue weighted by molar-refractivity contribution is 0.590. The van der Waals surface area contributed by atoms with Crippen molar-refractivity contribution in [2.75, 3.05) is 0 Å². The molecule has 2 aromatic rings. The van der Waals surface area contributed by atoms with E-state index in [0.717, 1.165) is 29.2 Å². The third kappa shape index (κ3) is 3.44. The number of aryl methyl sites for hydroxylation is 2. The van der Waals surface area contributed by atoms with Crippen molar-refractivity contribution in [3.8, 4) is 10.6 Å². The van der Waals surface area contributed by atoms with E-state index < -0.39 is 0 Å². The first-order valence-electron chi connectivity index (χ1n) is 6.99. The third-order valence-corrected chi connectivity index (χ3v) is 4.34. The van der Waals surface area contributed by atoms with E-state index >= 15 is 0 Å². The number of nitrogens with one attached hydrogen (secondary N) is 1. The monoisotopic (exact) mass is 292 g/mol. The van der Waals surface area contributed by atoms with Gasteiger partial charge in [-0.2, -0.15) is 0 Å². The Morgan fingerprint density at radius 1 is 1.35 bits per heavy atom. The Morgan fingerprint density at radius 2 is 2.10 bits per heavy atom. The third-order valence-electron chi connectivity index (χ3n) is 3.19. The Kier molecular flexibility index (Phi) is 4.89. The van der Waals surface area contributed by atoms with Crippen LogP contribution in [0.25, 0.3) is 10.6 Å². The summed E-state index contributed by atoms with van der Waals surface area (Å²) in [4.78, 5) is 5.98. The molecular formula is C16H21FN2S. The smallest absolute Gasteiger partial charge is 0.126 e. The summed E-state index contributed by atoms with van der Waals surface area (Å²) >= 11 is 1.70. The number of benzene rings is 1. The van der Waals surface area contributed by atoms with Gasteiger partial charge in [0, 0.05) is 23.0 Å². The lowest BCUT2D eigenvalue weighted by Gasteiger charge is -2.06.